The summed E-state index contributed by atoms with van der Waals surface area (Å²) in [6, 6.07) is 12.0. The zero-order chi connectivity index (χ0) is 22.3. The van der Waals surface area contributed by atoms with Crippen LogP contribution in [-0.2, 0) is 14.8 Å². The van der Waals surface area contributed by atoms with Gasteiger partial charge in [-0.15, -0.1) is 0 Å². The molecule has 1 N–H and O–H groups in total. The average Bonchev–Trinajstić information content (AvgIpc) is 2.73. The number of nitrogens with zero attached hydrogens (tertiary/aromatic N) is 3. The molecule has 30 heavy (non-hydrogen) atoms. The molecule has 0 saturated carbocycles. The van der Waals surface area contributed by atoms with Crippen molar-refractivity contribution in [2.75, 3.05) is 46.8 Å². The summed E-state index contributed by atoms with van der Waals surface area (Å²) in [4.78, 5) is 14.0. The SMILES string of the molecule is COc1ccc(OC)c(S(=O)(=O)N(C)CC(=O)NN=Cc2ccc(N(C)C)cc2)c1. The van der Waals surface area contributed by atoms with E-state index in [2.05, 4.69) is 10.5 Å². The lowest BCUT2D eigenvalue weighted by Gasteiger charge is -2.18. The highest BCUT2D eigenvalue weighted by Gasteiger charge is 2.27. The van der Waals surface area contributed by atoms with Crippen molar-refractivity contribution < 1.29 is 22.7 Å². The Bertz CT molecular complexity index is 1000. The number of anilines is 1. The number of hydrogen-bond donors (Lipinski definition) is 1. The van der Waals surface area contributed by atoms with Crippen LogP contribution in [0.2, 0.25) is 0 Å². The molecule has 0 aliphatic carbocycles. The zero-order valence-corrected chi connectivity index (χ0v) is 18.4. The van der Waals surface area contributed by atoms with Gasteiger partial charge in [0.1, 0.15) is 16.4 Å². The molecule has 0 aliphatic rings. The van der Waals surface area contributed by atoms with E-state index in [1.165, 1.54) is 39.6 Å². The van der Waals surface area contributed by atoms with Crippen LogP contribution in [0.15, 0.2) is 52.5 Å². The molecule has 0 heterocycles. The standard InChI is InChI=1S/C20H26N4O5S/c1-23(2)16-8-6-15(7-9-16)13-21-22-20(25)14-24(3)30(26,27)19-12-17(28-4)10-11-18(19)29-5/h6-13H,14H2,1-5H3,(H,22,25). The number of benzene rings is 2. The molecular formula is C20H26N4O5S. The normalized spacial score (nSPS) is 11.5. The van der Waals surface area contributed by atoms with Crippen molar-refractivity contribution in [3.63, 3.8) is 0 Å². The van der Waals surface area contributed by atoms with Crippen LogP contribution >= 0.6 is 0 Å². The second kappa shape index (κ2) is 10.1. The highest BCUT2D eigenvalue weighted by molar-refractivity contribution is 7.89. The van der Waals surface area contributed by atoms with Crippen LogP contribution in [0.3, 0.4) is 0 Å². The van der Waals surface area contributed by atoms with Crippen molar-refractivity contribution in [3.8, 4) is 11.5 Å². The van der Waals surface area contributed by atoms with Crippen molar-refractivity contribution in [3.05, 3.63) is 48.0 Å². The highest BCUT2D eigenvalue weighted by atomic mass is 32.2. The van der Waals surface area contributed by atoms with E-state index in [1.54, 1.807) is 6.07 Å². The molecule has 0 atom stereocenters. The van der Waals surface area contributed by atoms with Gasteiger partial charge in [-0.3, -0.25) is 4.79 Å². The van der Waals surface area contributed by atoms with Gasteiger partial charge in [0.15, 0.2) is 0 Å². The Morgan fingerprint density at radius 2 is 1.73 bits per heavy atom. The summed E-state index contributed by atoms with van der Waals surface area (Å²) in [5.41, 5.74) is 4.16. The Labute approximate surface area is 176 Å². The molecule has 162 valence electrons. The van der Waals surface area contributed by atoms with Gasteiger partial charge in [0.05, 0.1) is 27.0 Å². The van der Waals surface area contributed by atoms with E-state index in [0.717, 1.165) is 15.6 Å². The van der Waals surface area contributed by atoms with Gasteiger partial charge in [-0.05, 0) is 29.8 Å². The molecular weight excluding hydrogens is 408 g/mol. The van der Waals surface area contributed by atoms with Crippen molar-refractivity contribution in [1.82, 2.24) is 9.73 Å². The fraction of sp³-hybridized carbons (Fsp3) is 0.300. The first-order valence-corrected chi connectivity index (χ1v) is 10.4. The van der Waals surface area contributed by atoms with Crippen LogP contribution in [0, 0.1) is 0 Å². The number of ether oxygens (including phenoxy) is 2. The molecule has 0 saturated heterocycles. The Balaban J connectivity index is 2.04. The summed E-state index contributed by atoms with van der Waals surface area (Å²) < 4.78 is 36.9. The first-order chi connectivity index (χ1) is 14.2. The minimum Gasteiger partial charge on any atom is -0.497 e. The molecule has 0 bridgehead atoms. The summed E-state index contributed by atoms with van der Waals surface area (Å²) in [6.45, 7) is -0.417. The van der Waals surface area contributed by atoms with Crippen molar-refractivity contribution in [1.29, 1.82) is 0 Å². The Hall–Kier alpha value is -3.11. The monoisotopic (exact) mass is 434 g/mol. The van der Waals surface area contributed by atoms with Crippen LogP contribution in [0.1, 0.15) is 5.56 Å². The molecule has 0 unspecified atom stereocenters. The molecule has 0 radical (unpaired) electrons. The second-order valence-electron chi connectivity index (χ2n) is 6.56. The summed E-state index contributed by atoms with van der Waals surface area (Å²) in [7, 11) is 3.99. The predicted molar refractivity (Wildman–Crippen MR) is 116 cm³/mol. The van der Waals surface area contributed by atoms with Crippen molar-refractivity contribution in [2.45, 2.75) is 4.90 Å². The summed E-state index contributed by atoms with van der Waals surface area (Å²) in [5, 5.41) is 3.88. The Kier molecular flexibility index (Phi) is 7.79. The maximum Gasteiger partial charge on any atom is 0.255 e. The van der Waals surface area contributed by atoms with E-state index in [-0.39, 0.29) is 10.6 Å². The Morgan fingerprint density at radius 3 is 2.30 bits per heavy atom. The van der Waals surface area contributed by atoms with Crippen LogP contribution < -0.4 is 19.8 Å². The van der Waals surface area contributed by atoms with E-state index >= 15 is 0 Å². The average molecular weight is 435 g/mol. The molecule has 1 amide bonds. The lowest BCUT2D eigenvalue weighted by Crippen LogP contribution is -2.36. The number of likely N-dealkylation sites (N-methyl/N-ethyl adjacent to an activating group) is 1. The molecule has 10 heteroatoms. The van der Waals surface area contributed by atoms with Gasteiger partial charge >= 0.3 is 0 Å². The maximum absolute atomic E-state index is 12.9. The van der Waals surface area contributed by atoms with Gasteiger partial charge in [-0.2, -0.15) is 9.41 Å². The summed E-state index contributed by atoms with van der Waals surface area (Å²) in [5.74, 6) is -0.0662. The maximum atomic E-state index is 12.9. The van der Waals surface area contributed by atoms with E-state index in [0.29, 0.717) is 5.75 Å². The van der Waals surface area contributed by atoms with Crippen molar-refractivity contribution in [2.24, 2.45) is 5.10 Å². The number of hydrazone groups is 1. The van der Waals surface area contributed by atoms with Crippen molar-refractivity contribution >= 4 is 27.8 Å². The number of carbonyl (C=O) groups is 1. The smallest absolute Gasteiger partial charge is 0.255 e. The van der Waals surface area contributed by atoms with Crippen LogP contribution in [0.25, 0.3) is 0 Å². The number of methoxy groups -OCH3 is 2. The van der Waals surface area contributed by atoms with Gasteiger partial charge in [0, 0.05) is 32.9 Å². The molecule has 0 aliphatic heterocycles. The third-order valence-corrected chi connectivity index (χ3v) is 6.06. The van der Waals surface area contributed by atoms with E-state index in [4.69, 9.17) is 9.47 Å². The lowest BCUT2D eigenvalue weighted by atomic mass is 10.2. The van der Waals surface area contributed by atoms with Crippen LogP contribution in [0.5, 0.6) is 11.5 Å². The third-order valence-electron chi connectivity index (χ3n) is 4.24. The van der Waals surface area contributed by atoms with E-state index in [1.807, 2.05) is 43.3 Å². The molecule has 2 aromatic rings. The number of carbonyl (C=O) groups excluding carboxylic acids is 1. The van der Waals surface area contributed by atoms with Crippen LogP contribution in [-0.4, -0.2) is 66.8 Å². The molecule has 0 fully saturated rings. The number of sulfonamides is 1. The Morgan fingerprint density at radius 1 is 1.07 bits per heavy atom. The molecule has 9 nitrogen and oxygen atoms in total. The van der Waals surface area contributed by atoms with Gasteiger partial charge in [-0.1, -0.05) is 12.1 Å². The minimum atomic E-state index is -3.99. The van der Waals surface area contributed by atoms with Gasteiger partial charge in [-0.25, -0.2) is 13.8 Å². The number of rotatable bonds is 9. The van der Waals surface area contributed by atoms with E-state index in [9.17, 15) is 13.2 Å². The fourth-order valence-electron chi connectivity index (χ4n) is 2.51. The predicted octanol–water partition coefficient (Wildman–Crippen LogP) is 1.54. The number of hydrogen-bond acceptors (Lipinski definition) is 7. The fourth-order valence-corrected chi connectivity index (χ4v) is 3.81. The summed E-state index contributed by atoms with van der Waals surface area (Å²) in [6.07, 6.45) is 1.48. The molecule has 0 aromatic heterocycles. The molecule has 2 rings (SSSR count). The molecule has 2 aromatic carbocycles. The van der Waals surface area contributed by atoms with Gasteiger partial charge in [0.2, 0.25) is 10.0 Å². The highest BCUT2D eigenvalue weighted by Crippen LogP contribution is 2.30. The third kappa shape index (κ3) is 5.71. The largest absolute Gasteiger partial charge is 0.497 e. The summed E-state index contributed by atoms with van der Waals surface area (Å²) >= 11 is 0. The van der Waals surface area contributed by atoms with Crippen LogP contribution in [0.4, 0.5) is 5.69 Å². The number of nitrogens with one attached hydrogen (secondary N) is 1. The van der Waals surface area contributed by atoms with Gasteiger partial charge < -0.3 is 14.4 Å². The topological polar surface area (TPSA) is 101 Å². The first-order valence-electron chi connectivity index (χ1n) is 8.96. The van der Waals surface area contributed by atoms with E-state index < -0.39 is 22.5 Å². The zero-order valence-electron chi connectivity index (χ0n) is 17.6. The lowest BCUT2D eigenvalue weighted by molar-refractivity contribution is -0.121. The quantitative estimate of drug-likeness (QED) is 0.475. The second-order valence-corrected chi connectivity index (χ2v) is 8.57. The number of amides is 1. The minimum absolute atomic E-state index is 0.0934. The van der Waals surface area contributed by atoms with Gasteiger partial charge in [0.25, 0.3) is 5.91 Å². The molecule has 0 spiro atoms. The first kappa shape index (κ1) is 23.2.